The number of aromatic hydroxyl groups is 1. The lowest BCUT2D eigenvalue weighted by molar-refractivity contribution is 0.194. The molecule has 2 aromatic rings. The molecule has 1 fully saturated rings. The van der Waals surface area contributed by atoms with Crippen LogP contribution in [0.4, 0.5) is 0 Å². The number of aliphatic imine (C=N–C) groups is 1. The molecule has 6 heteroatoms. The van der Waals surface area contributed by atoms with Crippen molar-refractivity contribution in [3.8, 4) is 11.5 Å². The Morgan fingerprint density at radius 2 is 1.90 bits per heavy atom. The first-order valence-electron chi connectivity index (χ1n) is 9.95. The molecule has 0 spiro atoms. The third kappa shape index (κ3) is 5.99. The minimum absolute atomic E-state index is 0.253. The summed E-state index contributed by atoms with van der Waals surface area (Å²) in [5, 5.41) is 13.4. The van der Waals surface area contributed by atoms with Gasteiger partial charge in [0, 0.05) is 51.9 Å². The molecule has 154 valence electrons. The highest BCUT2D eigenvalue weighted by Gasteiger charge is 2.19. The lowest BCUT2D eigenvalue weighted by atomic mass is 10.2. The zero-order chi connectivity index (χ0) is 20.5. The van der Waals surface area contributed by atoms with Crippen molar-refractivity contribution >= 4 is 12.0 Å². The number of nitrogens with one attached hydrogen (secondary N) is 1. The number of piperazine rings is 1. The molecule has 2 aromatic carbocycles. The van der Waals surface area contributed by atoms with E-state index in [1.807, 2.05) is 12.1 Å². The van der Waals surface area contributed by atoms with Gasteiger partial charge in [-0.1, -0.05) is 42.5 Å². The van der Waals surface area contributed by atoms with Crippen molar-refractivity contribution in [2.45, 2.75) is 6.54 Å². The van der Waals surface area contributed by atoms with E-state index in [0.29, 0.717) is 6.54 Å². The van der Waals surface area contributed by atoms with Crippen LogP contribution in [0.5, 0.6) is 11.5 Å². The van der Waals surface area contributed by atoms with Gasteiger partial charge in [0.2, 0.25) is 0 Å². The van der Waals surface area contributed by atoms with Crippen LogP contribution >= 0.6 is 0 Å². The Morgan fingerprint density at radius 3 is 2.59 bits per heavy atom. The van der Waals surface area contributed by atoms with E-state index in [1.165, 1.54) is 5.56 Å². The van der Waals surface area contributed by atoms with Gasteiger partial charge in [0.05, 0.1) is 7.11 Å². The smallest absolute Gasteiger partial charge is 0.194 e. The molecule has 1 heterocycles. The number of methoxy groups -OCH3 is 1. The zero-order valence-corrected chi connectivity index (χ0v) is 17.2. The molecule has 29 heavy (non-hydrogen) atoms. The summed E-state index contributed by atoms with van der Waals surface area (Å²) in [7, 11) is 3.42. The molecule has 0 aromatic heterocycles. The number of hydrogen-bond acceptors (Lipinski definition) is 4. The van der Waals surface area contributed by atoms with Gasteiger partial charge in [-0.3, -0.25) is 9.89 Å². The first kappa shape index (κ1) is 20.7. The molecule has 6 nitrogen and oxygen atoms in total. The summed E-state index contributed by atoms with van der Waals surface area (Å²) >= 11 is 0. The average molecular weight is 395 g/mol. The Morgan fingerprint density at radius 1 is 1.14 bits per heavy atom. The molecule has 3 rings (SSSR count). The number of phenols is 1. The van der Waals surface area contributed by atoms with E-state index in [1.54, 1.807) is 26.3 Å². The second-order valence-corrected chi connectivity index (χ2v) is 7.00. The van der Waals surface area contributed by atoms with Crippen LogP contribution in [0.15, 0.2) is 59.6 Å². The quantitative estimate of drug-likeness (QED) is 0.583. The maximum atomic E-state index is 10.1. The molecular weight excluding hydrogens is 364 g/mol. The van der Waals surface area contributed by atoms with Crippen molar-refractivity contribution in [1.82, 2.24) is 15.1 Å². The molecular formula is C23H30N4O2. The van der Waals surface area contributed by atoms with Crippen LogP contribution in [0.1, 0.15) is 11.1 Å². The fourth-order valence-electron chi connectivity index (χ4n) is 3.38. The molecule has 0 aliphatic carbocycles. The van der Waals surface area contributed by atoms with Gasteiger partial charge in [0.1, 0.15) is 11.5 Å². The van der Waals surface area contributed by atoms with E-state index in [9.17, 15) is 5.11 Å². The number of hydrogen-bond donors (Lipinski definition) is 2. The molecule has 0 unspecified atom stereocenters. The molecule has 0 saturated carbocycles. The van der Waals surface area contributed by atoms with Crippen molar-refractivity contribution in [2.75, 3.05) is 46.9 Å². The number of guanidine groups is 1. The van der Waals surface area contributed by atoms with E-state index in [2.05, 4.69) is 56.5 Å². The van der Waals surface area contributed by atoms with Gasteiger partial charge >= 0.3 is 0 Å². The van der Waals surface area contributed by atoms with Crippen molar-refractivity contribution < 1.29 is 9.84 Å². The molecule has 1 aliphatic rings. The molecule has 0 radical (unpaired) electrons. The topological polar surface area (TPSA) is 60.3 Å². The van der Waals surface area contributed by atoms with Gasteiger partial charge in [-0.15, -0.1) is 0 Å². The predicted octanol–water partition coefficient (Wildman–Crippen LogP) is 2.81. The Balaban J connectivity index is 1.47. The van der Waals surface area contributed by atoms with Gasteiger partial charge in [-0.05, 0) is 23.8 Å². The Kier molecular flexibility index (Phi) is 7.53. The Bertz CT molecular complexity index is 828. The normalized spacial score (nSPS) is 15.7. The number of ether oxygens (including phenoxy) is 1. The predicted molar refractivity (Wildman–Crippen MR) is 118 cm³/mol. The van der Waals surface area contributed by atoms with E-state index in [4.69, 9.17) is 4.74 Å². The summed E-state index contributed by atoms with van der Waals surface area (Å²) in [5.74, 6) is 1.84. The van der Waals surface area contributed by atoms with Crippen molar-refractivity contribution in [2.24, 2.45) is 4.99 Å². The highest BCUT2D eigenvalue weighted by atomic mass is 16.5. The maximum Gasteiger partial charge on any atom is 0.194 e. The van der Waals surface area contributed by atoms with Gasteiger partial charge in [0.15, 0.2) is 5.96 Å². The minimum atomic E-state index is 0.253. The standard InChI is InChI=1S/C23H30N4O2/c1-24-23(25-18-20-17-21(29-2)10-11-22(20)28)27-15-13-26(14-16-27)12-6-9-19-7-4-3-5-8-19/h3-11,17,28H,12-16,18H2,1-2H3,(H,24,25)/b9-6+. The average Bonchev–Trinajstić information content (AvgIpc) is 2.77. The highest BCUT2D eigenvalue weighted by molar-refractivity contribution is 5.80. The second-order valence-electron chi connectivity index (χ2n) is 7.00. The SMILES string of the molecule is CN=C(NCc1cc(OC)ccc1O)N1CCN(C/C=C/c2ccccc2)CC1. The highest BCUT2D eigenvalue weighted by Crippen LogP contribution is 2.22. The van der Waals surface area contributed by atoms with E-state index in [-0.39, 0.29) is 5.75 Å². The molecule has 1 aliphatic heterocycles. The lowest BCUT2D eigenvalue weighted by Gasteiger charge is -2.36. The first-order chi connectivity index (χ1) is 14.2. The van der Waals surface area contributed by atoms with Crippen LogP contribution in [0, 0.1) is 0 Å². The summed E-state index contributed by atoms with van der Waals surface area (Å²) in [6.45, 7) is 5.27. The van der Waals surface area contributed by atoms with Crippen LogP contribution in [0.2, 0.25) is 0 Å². The summed E-state index contributed by atoms with van der Waals surface area (Å²) < 4.78 is 5.24. The van der Waals surface area contributed by atoms with Crippen LogP contribution < -0.4 is 10.1 Å². The Hall–Kier alpha value is -2.99. The second kappa shape index (κ2) is 10.5. The maximum absolute atomic E-state index is 10.1. The number of nitrogens with zero attached hydrogens (tertiary/aromatic N) is 3. The Labute approximate surface area is 173 Å². The summed E-state index contributed by atoms with van der Waals surface area (Å²) in [6, 6.07) is 15.6. The van der Waals surface area contributed by atoms with Gasteiger partial charge < -0.3 is 20.1 Å². The van der Waals surface area contributed by atoms with Crippen LogP contribution in [-0.2, 0) is 6.54 Å². The van der Waals surface area contributed by atoms with Crippen LogP contribution in [0.3, 0.4) is 0 Å². The van der Waals surface area contributed by atoms with Crippen molar-refractivity contribution in [3.63, 3.8) is 0 Å². The van der Waals surface area contributed by atoms with Gasteiger partial charge in [0.25, 0.3) is 0 Å². The number of phenolic OH excluding ortho intramolecular Hbond substituents is 1. The van der Waals surface area contributed by atoms with E-state index in [0.717, 1.165) is 50.0 Å². The first-order valence-corrected chi connectivity index (χ1v) is 9.95. The summed E-state index contributed by atoms with van der Waals surface area (Å²) in [4.78, 5) is 9.11. The van der Waals surface area contributed by atoms with Crippen LogP contribution in [0.25, 0.3) is 6.08 Å². The third-order valence-corrected chi connectivity index (χ3v) is 5.08. The third-order valence-electron chi connectivity index (χ3n) is 5.08. The molecule has 0 amide bonds. The lowest BCUT2D eigenvalue weighted by Crippen LogP contribution is -2.52. The van der Waals surface area contributed by atoms with E-state index >= 15 is 0 Å². The summed E-state index contributed by atoms with van der Waals surface area (Å²) in [5.41, 5.74) is 2.02. The van der Waals surface area contributed by atoms with Gasteiger partial charge in [-0.2, -0.15) is 0 Å². The largest absolute Gasteiger partial charge is 0.508 e. The van der Waals surface area contributed by atoms with E-state index < -0.39 is 0 Å². The molecule has 0 atom stereocenters. The molecule has 1 saturated heterocycles. The summed E-state index contributed by atoms with van der Waals surface area (Å²) in [6.07, 6.45) is 4.40. The monoisotopic (exact) mass is 394 g/mol. The zero-order valence-electron chi connectivity index (χ0n) is 17.2. The van der Waals surface area contributed by atoms with Crippen LogP contribution in [-0.4, -0.2) is 67.7 Å². The fraction of sp³-hybridized carbons (Fsp3) is 0.348. The molecule has 0 bridgehead atoms. The van der Waals surface area contributed by atoms with Crippen molar-refractivity contribution in [3.05, 3.63) is 65.7 Å². The molecule has 2 N–H and O–H groups in total. The van der Waals surface area contributed by atoms with Crippen molar-refractivity contribution in [1.29, 1.82) is 0 Å². The number of rotatable bonds is 6. The number of benzene rings is 2. The fourth-order valence-corrected chi connectivity index (χ4v) is 3.38. The minimum Gasteiger partial charge on any atom is -0.508 e. The van der Waals surface area contributed by atoms with Gasteiger partial charge in [-0.25, -0.2) is 0 Å².